The third kappa shape index (κ3) is 17.7. The number of rotatable bonds is 16. The minimum absolute atomic E-state index is 1.18. The van der Waals surface area contributed by atoms with Gasteiger partial charge >= 0.3 is 0 Å². The Kier molecular flexibility index (Phi) is 18.4. The van der Waals surface area contributed by atoms with Gasteiger partial charge in [0.15, 0.2) is 0 Å². The van der Waals surface area contributed by atoms with Crippen molar-refractivity contribution in [3.8, 4) is 0 Å². The number of hydrogen-bond donors (Lipinski definition) is 1. The van der Waals surface area contributed by atoms with Crippen molar-refractivity contribution in [1.82, 2.24) is 5.32 Å². The molecule has 0 atom stereocenters. The Labute approximate surface area is 128 Å². The molecular formula is C19H39N. The number of hydrogen-bond acceptors (Lipinski definition) is 1. The zero-order chi connectivity index (χ0) is 14.7. The second-order valence-corrected chi connectivity index (χ2v) is 6.04. The average Bonchev–Trinajstić information content (AvgIpc) is 2.47. The SMILES string of the molecule is CCCCCCCCCC=CCCCCCCCNC. The Morgan fingerprint density at radius 1 is 0.600 bits per heavy atom. The van der Waals surface area contributed by atoms with Gasteiger partial charge in [0.2, 0.25) is 0 Å². The lowest BCUT2D eigenvalue weighted by Crippen LogP contribution is -2.06. The van der Waals surface area contributed by atoms with Gasteiger partial charge in [0.05, 0.1) is 0 Å². The molecule has 0 saturated carbocycles. The summed E-state index contributed by atoms with van der Waals surface area (Å²) in [6, 6.07) is 0. The monoisotopic (exact) mass is 281 g/mol. The van der Waals surface area contributed by atoms with E-state index in [0.717, 1.165) is 0 Å². The lowest BCUT2D eigenvalue weighted by molar-refractivity contribution is 0.590. The predicted molar refractivity (Wildman–Crippen MR) is 93.4 cm³/mol. The molecule has 0 radical (unpaired) electrons. The Morgan fingerprint density at radius 3 is 1.55 bits per heavy atom. The fourth-order valence-electron chi connectivity index (χ4n) is 2.55. The first-order valence-electron chi connectivity index (χ1n) is 9.21. The lowest BCUT2D eigenvalue weighted by Gasteiger charge is -2.00. The minimum atomic E-state index is 1.18. The molecule has 0 aromatic heterocycles. The van der Waals surface area contributed by atoms with Gasteiger partial charge in [-0.3, -0.25) is 0 Å². The van der Waals surface area contributed by atoms with Crippen LogP contribution in [0.5, 0.6) is 0 Å². The van der Waals surface area contributed by atoms with Crippen molar-refractivity contribution in [2.75, 3.05) is 13.6 Å². The highest BCUT2D eigenvalue weighted by Crippen LogP contribution is 2.09. The molecule has 1 nitrogen and oxygen atoms in total. The van der Waals surface area contributed by atoms with E-state index in [1.165, 1.54) is 96.4 Å². The van der Waals surface area contributed by atoms with Crippen LogP contribution >= 0.6 is 0 Å². The van der Waals surface area contributed by atoms with Crippen molar-refractivity contribution in [3.05, 3.63) is 12.2 Å². The van der Waals surface area contributed by atoms with E-state index in [1.54, 1.807) is 0 Å². The largest absolute Gasteiger partial charge is 0.320 e. The molecule has 20 heavy (non-hydrogen) atoms. The molecule has 1 N–H and O–H groups in total. The zero-order valence-electron chi connectivity index (χ0n) is 14.3. The molecule has 0 aliphatic heterocycles. The third-order valence-electron chi connectivity index (χ3n) is 3.94. The van der Waals surface area contributed by atoms with E-state index >= 15 is 0 Å². The smallest absolute Gasteiger partial charge is 0.00519 e. The molecule has 0 bridgehead atoms. The fourth-order valence-corrected chi connectivity index (χ4v) is 2.55. The van der Waals surface area contributed by atoms with Crippen LogP contribution in [0.3, 0.4) is 0 Å². The van der Waals surface area contributed by atoms with Crippen molar-refractivity contribution in [1.29, 1.82) is 0 Å². The molecular weight excluding hydrogens is 242 g/mol. The summed E-state index contributed by atoms with van der Waals surface area (Å²) in [5.41, 5.74) is 0. The van der Waals surface area contributed by atoms with Gasteiger partial charge in [-0.1, -0.05) is 76.9 Å². The quantitative estimate of drug-likeness (QED) is 0.261. The maximum absolute atomic E-state index is 3.21. The molecule has 0 aliphatic rings. The van der Waals surface area contributed by atoms with Crippen molar-refractivity contribution in [2.45, 2.75) is 96.8 Å². The summed E-state index contributed by atoms with van der Waals surface area (Å²) < 4.78 is 0. The fraction of sp³-hybridized carbons (Fsp3) is 0.895. The lowest BCUT2D eigenvalue weighted by atomic mass is 10.1. The van der Waals surface area contributed by atoms with Gasteiger partial charge in [-0.2, -0.15) is 0 Å². The minimum Gasteiger partial charge on any atom is -0.320 e. The van der Waals surface area contributed by atoms with Crippen molar-refractivity contribution < 1.29 is 0 Å². The summed E-state index contributed by atoms with van der Waals surface area (Å²) in [5, 5.41) is 3.21. The Bertz CT molecular complexity index is 166. The van der Waals surface area contributed by atoms with Crippen molar-refractivity contribution in [3.63, 3.8) is 0 Å². The molecule has 0 aromatic carbocycles. The second kappa shape index (κ2) is 18.7. The molecule has 0 unspecified atom stereocenters. The van der Waals surface area contributed by atoms with Gasteiger partial charge in [0.1, 0.15) is 0 Å². The normalized spacial score (nSPS) is 11.5. The molecule has 0 saturated heterocycles. The highest BCUT2D eigenvalue weighted by atomic mass is 14.8. The van der Waals surface area contributed by atoms with Crippen LogP contribution in [-0.2, 0) is 0 Å². The van der Waals surface area contributed by atoms with Crippen molar-refractivity contribution in [2.24, 2.45) is 0 Å². The first-order chi connectivity index (χ1) is 9.91. The van der Waals surface area contributed by atoms with E-state index in [2.05, 4.69) is 24.4 Å². The molecule has 0 rings (SSSR count). The van der Waals surface area contributed by atoms with Gasteiger partial charge < -0.3 is 5.32 Å². The maximum Gasteiger partial charge on any atom is -0.00519 e. The molecule has 120 valence electrons. The molecule has 0 aromatic rings. The van der Waals surface area contributed by atoms with Crippen LogP contribution in [0.4, 0.5) is 0 Å². The summed E-state index contributed by atoms with van der Waals surface area (Å²) in [6.07, 6.45) is 24.3. The van der Waals surface area contributed by atoms with Crippen LogP contribution < -0.4 is 5.32 Å². The summed E-state index contributed by atoms with van der Waals surface area (Å²) in [7, 11) is 2.04. The maximum atomic E-state index is 3.21. The topological polar surface area (TPSA) is 12.0 Å². The summed E-state index contributed by atoms with van der Waals surface area (Å²) in [6.45, 7) is 3.46. The standard InChI is InChI=1S/C19H39N/c1-3-4-5-6-7-8-9-10-11-12-13-14-15-16-17-18-19-20-2/h11-12,20H,3-10,13-19H2,1-2H3. The summed E-state index contributed by atoms with van der Waals surface area (Å²) in [5.74, 6) is 0. The van der Waals surface area contributed by atoms with E-state index in [-0.39, 0.29) is 0 Å². The van der Waals surface area contributed by atoms with Crippen LogP contribution in [-0.4, -0.2) is 13.6 Å². The van der Waals surface area contributed by atoms with Gasteiger partial charge in [-0.15, -0.1) is 0 Å². The highest BCUT2D eigenvalue weighted by molar-refractivity contribution is 4.81. The van der Waals surface area contributed by atoms with Crippen LogP contribution in [0, 0.1) is 0 Å². The van der Waals surface area contributed by atoms with Crippen LogP contribution in [0.1, 0.15) is 96.8 Å². The van der Waals surface area contributed by atoms with E-state index in [4.69, 9.17) is 0 Å². The molecule has 0 spiro atoms. The van der Waals surface area contributed by atoms with E-state index < -0.39 is 0 Å². The van der Waals surface area contributed by atoms with Crippen LogP contribution in [0.2, 0.25) is 0 Å². The average molecular weight is 282 g/mol. The van der Waals surface area contributed by atoms with Crippen LogP contribution in [0.15, 0.2) is 12.2 Å². The summed E-state index contributed by atoms with van der Waals surface area (Å²) in [4.78, 5) is 0. The predicted octanol–water partition coefficient (Wildman–Crippen LogP) is 6.24. The molecule has 0 aliphatic carbocycles. The first kappa shape index (κ1) is 19.7. The van der Waals surface area contributed by atoms with E-state index in [0.29, 0.717) is 0 Å². The number of unbranched alkanes of at least 4 members (excludes halogenated alkanes) is 12. The molecule has 0 amide bonds. The van der Waals surface area contributed by atoms with Crippen LogP contribution in [0.25, 0.3) is 0 Å². The van der Waals surface area contributed by atoms with E-state index in [1.807, 2.05) is 7.05 Å². The summed E-state index contributed by atoms with van der Waals surface area (Å²) >= 11 is 0. The Hall–Kier alpha value is -0.300. The highest BCUT2D eigenvalue weighted by Gasteiger charge is 1.90. The van der Waals surface area contributed by atoms with Crippen molar-refractivity contribution >= 4 is 0 Å². The van der Waals surface area contributed by atoms with E-state index in [9.17, 15) is 0 Å². The van der Waals surface area contributed by atoms with Gasteiger partial charge in [-0.25, -0.2) is 0 Å². The molecule has 0 fully saturated rings. The van der Waals surface area contributed by atoms with Gasteiger partial charge in [0.25, 0.3) is 0 Å². The molecule has 1 heteroatoms. The van der Waals surface area contributed by atoms with Gasteiger partial charge in [-0.05, 0) is 45.7 Å². The second-order valence-electron chi connectivity index (χ2n) is 6.04. The zero-order valence-corrected chi connectivity index (χ0v) is 14.3. The molecule has 0 heterocycles. The Morgan fingerprint density at radius 2 is 1.05 bits per heavy atom. The number of nitrogens with one attached hydrogen (secondary N) is 1. The van der Waals surface area contributed by atoms with Gasteiger partial charge in [0, 0.05) is 0 Å². The third-order valence-corrected chi connectivity index (χ3v) is 3.94. The first-order valence-corrected chi connectivity index (χ1v) is 9.21. The number of allylic oxidation sites excluding steroid dienone is 2. The Balaban J connectivity index is 3.01.